The smallest absolute Gasteiger partial charge is 0.316 e. The average molecular weight is 578 g/mol. The molecule has 0 bridgehead atoms. The minimum Gasteiger partial charge on any atom is -0.483 e. The maximum absolute atomic E-state index is 13.6. The third kappa shape index (κ3) is 6.17. The van der Waals surface area contributed by atoms with E-state index < -0.39 is 10.0 Å². The maximum Gasteiger partial charge on any atom is 0.316 e. The van der Waals surface area contributed by atoms with Gasteiger partial charge in [0.1, 0.15) is 5.69 Å². The van der Waals surface area contributed by atoms with Crippen molar-refractivity contribution in [2.45, 2.75) is 38.2 Å². The summed E-state index contributed by atoms with van der Waals surface area (Å²) < 4.78 is 35.2. The van der Waals surface area contributed by atoms with Crippen LogP contribution in [-0.4, -0.2) is 60.5 Å². The second-order valence-corrected chi connectivity index (χ2v) is 12.6. The first-order chi connectivity index (χ1) is 18.3. The molecule has 1 aliphatic heterocycles. The van der Waals surface area contributed by atoms with Gasteiger partial charge in [-0.2, -0.15) is 14.1 Å². The molecule has 0 atom stereocenters. The third-order valence-electron chi connectivity index (χ3n) is 7.09. The number of hydrogen-bond donors (Lipinski definition) is 0. The molecule has 11 heteroatoms. The SMILES string of the molecule is O=c1c(OC2CCCC2)c(N2CCN(S(=O)(=O)CCc3ccc(Cl)cc3)CC2)cnn1-c1cccc(Cl)c1. The Bertz CT molecular complexity index is 1430. The van der Waals surface area contributed by atoms with Crippen LogP contribution >= 0.6 is 23.2 Å². The zero-order valence-electron chi connectivity index (χ0n) is 20.9. The summed E-state index contributed by atoms with van der Waals surface area (Å²) in [5.41, 5.74) is 1.73. The number of halogens is 2. The molecule has 38 heavy (non-hydrogen) atoms. The molecule has 0 N–H and O–H groups in total. The van der Waals surface area contributed by atoms with Gasteiger partial charge in [0.2, 0.25) is 15.8 Å². The number of aromatic nitrogens is 2. The Hall–Kier alpha value is -2.59. The lowest BCUT2D eigenvalue weighted by atomic mass is 10.2. The van der Waals surface area contributed by atoms with Crippen LogP contribution in [0.5, 0.6) is 5.75 Å². The molecule has 0 amide bonds. The van der Waals surface area contributed by atoms with Crippen molar-refractivity contribution in [1.82, 2.24) is 14.1 Å². The maximum atomic E-state index is 13.6. The molecule has 2 fully saturated rings. The molecule has 2 heterocycles. The molecule has 1 aromatic heterocycles. The highest BCUT2D eigenvalue weighted by molar-refractivity contribution is 7.89. The van der Waals surface area contributed by atoms with Gasteiger partial charge in [-0.15, -0.1) is 0 Å². The molecule has 0 unspecified atom stereocenters. The lowest BCUT2D eigenvalue weighted by molar-refractivity contribution is 0.205. The fraction of sp³-hybridized carbons (Fsp3) is 0.407. The number of nitrogens with zero attached hydrogens (tertiary/aromatic N) is 4. The van der Waals surface area contributed by atoms with E-state index in [1.54, 1.807) is 42.6 Å². The van der Waals surface area contributed by atoms with Gasteiger partial charge in [-0.05, 0) is 68.0 Å². The molecule has 0 radical (unpaired) electrons. The topological polar surface area (TPSA) is 84.7 Å². The normalized spacial score (nSPS) is 17.2. The van der Waals surface area contributed by atoms with Crippen LogP contribution < -0.4 is 15.2 Å². The van der Waals surface area contributed by atoms with Crippen LogP contribution in [0.1, 0.15) is 31.2 Å². The van der Waals surface area contributed by atoms with Crippen LogP contribution in [0.15, 0.2) is 59.5 Å². The molecular formula is C27H30Cl2N4O4S. The minimum atomic E-state index is -3.43. The van der Waals surface area contributed by atoms with Gasteiger partial charge in [0.05, 0.1) is 23.7 Å². The van der Waals surface area contributed by atoms with Crippen molar-refractivity contribution in [3.63, 3.8) is 0 Å². The largest absolute Gasteiger partial charge is 0.483 e. The Morgan fingerprint density at radius 1 is 0.947 bits per heavy atom. The fourth-order valence-corrected chi connectivity index (χ4v) is 6.75. The summed E-state index contributed by atoms with van der Waals surface area (Å²) in [6.45, 7) is 1.51. The summed E-state index contributed by atoms with van der Waals surface area (Å²) in [4.78, 5) is 15.6. The van der Waals surface area contributed by atoms with Gasteiger partial charge in [0.25, 0.3) is 0 Å². The van der Waals surface area contributed by atoms with Gasteiger partial charge in [-0.3, -0.25) is 4.79 Å². The van der Waals surface area contributed by atoms with Crippen LogP contribution in [0.3, 0.4) is 0 Å². The highest BCUT2D eigenvalue weighted by Gasteiger charge is 2.30. The Morgan fingerprint density at radius 2 is 1.66 bits per heavy atom. The zero-order valence-corrected chi connectivity index (χ0v) is 23.3. The van der Waals surface area contributed by atoms with E-state index in [4.69, 9.17) is 27.9 Å². The fourth-order valence-electron chi connectivity index (χ4n) is 4.96. The summed E-state index contributed by atoms with van der Waals surface area (Å²) in [6.07, 6.45) is 5.98. The highest BCUT2D eigenvalue weighted by Crippen LogP contribution is 2.30. The standard InChI is InChI=1S/C27H30Cl2N4O4S/c28-21-10-8-20(9-11-21)12-17-38(35,36)32-15-13-31(14-16-32)25-19-30-33(23-5-3-4-22(29)18-23)27(34)26(25)37-24-6-1-2-7-24/h3-5,8-11,18-19,24H,1-2,6-7,12-17H2. The van der Waals surface area contributed by atoms with Crippen molar-refractivity contribution in [1.29, 1.82) is 0 Å². The number of aryl methyl sites for hydroxylation is 1. The molecule has 1 aliphatic carbocycles. The van der Waals surface area contributed by atoms with Crippen LogP contribution in [0.25, 0.3) is 5.69 Å². The first kappa shape index (κ1) is 27.0. The molecule has 0 spiro atoms. The Balaban J connectivity index is 1.33. The molecule has 2 aliphatic rings. The van der Waals surface area contributed by atoms with Crippen molar-refractivity contribution < 1.29 is 13.2 Å². The molecule has 2 aromatic carbocycles. The molecule has 8 nitrogen and oxygen atoms in total. The molecule has 202 valence electrons. The molecule has 3 aromatic rings. The Morgan fingerprint density at radius 3 is 2.34 bits per heavy atom. The monoisotopic (exact) mass is 576 g/mol. The van der Waals surface area contributed by atoms with E-state index >= 15 is 0 Å². The van der Waals surface area contributed by atoms with Crippen molar-refractivity contribution >= 4 is 38.9 Å². The molecular weight excluding hydrogens is 547 g/mol. The number of piperazine rings is 1. The molecule has 5 rings (SSSR count). The van der Waals surface area contributed by atoms with Crippen molar-refractivity contribution in [3.8, 4) is 11.4 Å². The predicted molar refractivity (Wildman–Crippen MR) is 150 cm³/mol. The van der Waals surface area contributed by atoms with Gasteiger partial charge in [0.15, 0.2) is 0 Å². The van der Waals surface area contributed by atoms with Gasteiger partial charge in [-0.25, -0.2) is 8.42 Å². The summed E-state index contributed by atoms with van der Waals surface area (Å²) in [5, 5.41) is 5.55. The average Bonchev–Trinajstić information content (AvgIpc) is 3.43. The van der Waals surface area contributed by atoms with E-state index in [0.29, 0.717) is 54.0 Å². The van der Waals surface area contributed by atoms with Crippen LogP contribution in [-0.2, 0) is 16.4 Å². The van der Waals surface area contributed by atoms with E-state index in [2.05, 4.69) is 5.10 Å². The van der Waals surface area contributed by atoms with Crippen LogP contribution in [0, 0.1) is 0 Å². The highest BCUT2D eigenvalue weighted by atomic mass is 35.5. The van der Waals surface area contributed by atoms with Crippen molar-refractivity contribution in [3.05, 3.63) is 80.7 Å². The quantitative estimate of drug-likeness (QED) is 0.391. The number of hydrogen-bond acceptors (Lipinski definition) is 6. The van der Waals surface area contributed by atoms with E-state index in [1.165, 1.54) is 8.99 Å². The lowest BCUT2D eigenvalue weighted by Gasteiger charge is -2.36. The number of sulfonamides is 1. The number of rotatable bonds is 8. The van der Waals surface area contributed by atoms with Gasteiger partial charge in [-0.1, -0.05) is 41.4 Å². The summed E-state index contributed by atoms with van der Waals surface area (Å²) in [6, 6.07) is 14.2. The molecule has 1 saturated heterocycles. The Kier molecular flexibility index (Phi) is 8.28. The second-order valence-electron chi connectivity index (χ2n) is 9.66. The second kappa shape index (κ2) is 11.7. The van der Waals surface area contributed by atoms with Crippen molar-refractivity contribution in [2.75, 3.05) is 36.8 Å². The number of anilines is 1. The minimum absolute atomic E-state index is 0.0220. The third-order valence-corrected chi connectivity index (χ3v) is 9.45. The summed E-state index contributed by atoms with van der Waals surface area (Å²) >= 11 is 12.1. The Labute approximate surface area is 232 Å². The van der Waals surface area contributed by atoms with Gasteiger partial charge >= 0.3 is 5.56 Å². The lowest BCUT2D eigenvalue weighted by Crippen LogP contribution is -2.50. The van der Waals surface area contributed by atoms with E-state index in [9.17, 15) is 13.2 Å². The first-order valence-corrected chi connectivity index (χ1v) is 15.2. The van der Waals surface area contributed by atoms with E-state index in [1.807, 2.05) is 17.0 Å². The summed E-state index contributed by atoms with van der Waals surface area (Å²) in [5.74, 6) is 0.285. The van der Waals surface area contributed by atoms with E-state index in [0.717, 1.165) is 31.2 Å². The summed E-state index contributed by atoms with van der Waals surface area (Å²) in [7, 11) is -3.43. The number of ether oxygens (including phenoxy) is 1. The zero-order chi connectivity index (χ0) is 26.7. The van der Waals surface area contributed by atoms with Gasteiger partial charge in [0, 0.05) is 36.2 Å². The van der Waals surface area contributed by atoms with Crippen molar-refractivity contribution in [2.24, 2.45) is 0 Å². The van der Waals surface area contributed by atoms with Crippen LogP contribution in [0.2, 0.25) is 10.0 Å². The molecule has 1 saturated carbocycles. The predicted octanol–water partition coefficient (Wildman–Crippen LogP) is 4.56. The van der Waals surface area contributed by atoms with Gasteiger partial charge < -0.3 is 9.64 Å². The van der Waals surface area contributed by atoms with Crippen LogP contribution in [0.4, 0.5) is 5.69 Å². The first-order valence-electron chi connectivity index (χ1n) is 12.8. The van der Waals surface area contributed by atoms with E-state index in [-0.39, 0.29) is 23.2 Å². The number of benzene rings is 2.